The predicted molar refractivity (Wildman–Crippen MR) is 134 cm³/mol. The summed E-state index contributed by atoms with van der Waals surface area (Å²) in [5.74, 6) is -1.45. The molecular weight excluding hydrogens is 466 g/mol. The molecule has 0 heterocycles. The third kappa shape index (κ3) is 12.7. The minimum Gasteiger partial charge on any atom is -0.462 e. The van der Waals surface area contributed by atoms with Crippen LogP contribution < -0.4 is 15.2 Å². The molecule has 0 fully saturated rings. The minimum atomic E-state index is -1.000. The maximum absolute atomic E-state index is 12.4. The summed E-state index contributed by atoms with van der Waals surface area (Å²) in [5, 5.41) is 0. The van der Waals surface area contributed by atoms with Crippen molar-refractivity contribution in [3.63, 3.8) is 0 Å². The Hall–Kier alpha value is -2.94. The van der Waals surface area contributed by atoms with E-state index in [0.717, 1.165) is 12.8 Å². The maximum atomic E-state index is 12.4. The molecule has 9 heteroatoms. The van der Waals surface area contributed by atoms with Crippen LogP contribution >= 0.6 is 0 Å². The fraction of sp³-hybridized carbons (Fsp3) is 0.630. The minimum absolute atomic E-state index is 0.0556. The van der Waals surface area contributed by atoms with E-state index < -0.39 is 30.1 Å². The van der Waals surface area contributed by atoms with Crippen molar-refractivity contribution in [3.05, 3.63) is 23.8 Å². The topological polar surface area (TPSA) is 131 Å². The van der Waals surface area contributed by atoms with Crippen LogP contribution in [0.1, 0.15) is 85.1 Å². The lowest BCUT2D eigenvalue weighted by molar-refractivity contribution is -0.159. The average Bonchev–Trinajstić information content (AvgIpc) is 2.81. The number of carbonyl (C=O) groups is 4. The lowest BCUT2D eigenvalue weighted by atomic mass is 10.1. The van der Waals surface area contributed by atoms with Gasteiger partial charge < -0.3 is 24.7 Å². The average molecular weight is 508 g/mol. The van der Waals surface area contributed by atoms with Crippen molar-refractivity contribution in [2.24, 2.45) is 11.7 Å². The van der Waals surface area contributed by atoms with E-state index in [-0.39, 0.29) is 55.7 Å². The number of ether oxygens (including phenoxy) is 4. The van der Waals surface area contributed by atoms with Crippen molar-refractivity contribution in [3.8, 4) is 11.5 Å². The van der Waals surface area contributed by atoms with Crippen molar-refractivity contribution < 1.29 is 38.1 Å². The molecule has 1 aromatic rings. The highest BCUT2D eigenvalue weighted by Crippen LogP contribution is 2.30. The molecular formula is C27H41NO8. The molecule has 0 aliphatic rings. The van der Waals surface area contributed by atoms with Gasteiger partial charge in [0.1, 0.15) is 18.8 Å². The Morgan fingerprint density at radius 1 is 0.861 bits per heavy atom. The molecule has 36 heavy (non-hydrogen) atoms. The van der Waals surface area contributed by atoms with Crippen molar-refractivity contribution in [1.82, 2.24) is 0 Å². The molecule has 0 saturated carbocycles. The molecule has 2 atom stereocenters. The van der Waals surface area contributed by atoms with E-state index in [1.807, 2.05) is 27.7 Å². The number of hydrogen-bond acceptors (Lipinski definition) is 9. The van der Waals surface area contributed by atoms with Crippen LogP contribution in [0.5, 0.6) is 11.5 Å². The van der Waals surface area contributed by atoms with Crippen LogP contribution in [0, 0.1) is 5.92 Å². The van der Waals surface area contributed by atoms with Gasteiger partial charge in [0.15, 0.2) is 11.5 Å². The summed E-state index contributed by atoms with van der Waals surface area (Å²) in [5.41, 5.74) is 6.63. The number of rotatable bonds is 16. The van der Waals surface area contributed by atoms with Gasteiger partial charge in [-0.25, -0.2) is 0 Å². The van der Waals surface area contributed by atoms with Gasteiger partial charge >= 0.3 is 23.9 Å². The molecule has 0 aromatic heterocycles. The first-order valence-corrected chi connectivity index (χ1v) is 12.7. The van der Waals surface area contributed by atoms with Crippen LogP contribution in [0.2, 0.25) is 0 Å². The van der Waals surface area contributed by atoms with Crippen LogP contribution in [0.15, 0.2) is 18.2 Å². The van der Waals surface area contributed by atoms with Crippen LogP contribution in [0.3, 0.4) is 0 Å². The Bertz CT molecular complexity index is 867. The number of esters is 4. The first-order valence-electron chi connectivity index (χ1n) is 12.7. The highest BCUT2D eigenvalue weighted by molar-refractivity contribution is 5.77. The number of unbranched alkanes of at least 4 members (excludes halogenated alkanes) is 2. The SMILES string of the molecule is CCCCC(=O)Oc1ccc(C[C@H](N)C(=O)O[C@@H](C)COC(=O)CC(C)C)cc1OC(=O)CCCC. The molecule has 0 bridgehead atoms. The summed E-state index contributed by atoms with van der Waals surface area (Å²) < 4.78 is 21.3. The van der Waals surface area contributed by atoms with E-state index >= 15 is 0 Å². The second-order valence-corrected chi connectivity index (χ2v) is 9.28. The highest BCUT2D eigenvalue weighted by atomic mass is 16.6. The molecule has 1 aromatic carbocycles. The number of carbonyl (C=O) groups excluding carboxylic acids is 4. The van der Waals surface area contributed by atoms with Gasteiger partial charge in [-0.15, -0.1) is 0 Å². The van der Waals surface area contributed by atoms with Crippen molar-refractivity contribution in [2.75, 3.05) is 6.61 Å². The van der Waals surface area contributed by atoms with E-state index in [0.29, 0.717) is 18.4 Å². The smallest absolute Gasteiger partial charge is 0.323 e. The molecule has 0 saturated heterocycles. The Kier molecular flexibility index (Phi) is 14.4. The van der Waals surface area contributed by atoms with Gasteiger partial charge in [0.2, 0.25) is 0 Å². The summed E-state index contributed by atoms with van der Waals surface area (Å²) >= 11 is 0. The third-order valence-electron chi connectivity index (χ3n) is 5.05. The van der Waals surface area contributed by atoms with Crippen LogP contribution in [0.4, 0.5) is 0 Å². The summed E-state index contributed by atoms with van der Waals surface area (Å²) in [6.45, 7) is 9.31. The Balaban J connectivity index is 2.82. The maximum Gasteiger partial charge on any atom is 0.323 e. The first kappa shape index (κ1) is 31.1. The fourth-order valence-electron chi connectivity index (χ4n) is 3.09. The van der Waals surface area contributed by atoms with Crippen molar-refractivity contribution >= 4 is 23.9 Å². The molecule has 1 rings (SSSR count). The first-order chi connectivity index (χ1) is 17.0. The fourth-order valence-corrected chi connectivity index (χ4v) is 3.09. The summed E-state index contributed by atoms with van der Waals surface area (Å²) in [6, 6.07) is 3.71. The largest absolute Gasteiger partial charge is 0.462 e. The summed E-state index contributed by atoms with van der Waals surface area (Å²) in [4.78, 5) is 48.4. The second kappa shape index (κ2) is 16.7. The van der Waals surface area contributed by atoms with Gasteiger partial charge in [-0.1, -0.05) is 46.6 Å². The van der Waals surface area contributed by atoms with Gasteiger partial charge in [-0.05, 0) is 49.8 Å². The molecule has 0 spiro atoms. The van der Waals surface area contributed by atoms with Crippen molar-refractivity contribution in [1.29, 1.82) is 0 Å². The van der Waals surface area contributed by atoms with Gasteiger partial charge in [0.25, 0.3) is 0 Å². The lowest BCUT2D eigenvalue weighted by Gasteiger charge is -2.18. The normalized spacial score (nSPS) is 12.5. The number of hydrogen-bond donors (Lipinski definition) is 1. The quantitative estimate of drug-likeness (QED) is 0.257. The van der Waals surface area contributed by atoms with Crippen LogP contribution in [-0.2, 0) is 35.1 Å². The van der Waals surface area contributed by atoms with E-state index in [9.17, 15) is 19.2 Å². The van der Waals surface area contributed by atoms with E-state index in [2.05, 4.69) is 0 Å². The molecule has 2 N–H and O–H groups in total. The zero-order valence-electron chi connectivity index (χ0n) is 22.2. The van der Waals surface area contributed by atoms with Gasteiger partial charge in [-0.3, -0.25) is 19.2 Å². The number of nitrogens with two attached hydrogens (primary N) is 1. The Labute approximate surface area is 214 Å². The number of benzene rings is 1. The van der Waals surface area contributed by atoms with E-state index in [1.165, 1.54) is 12.1 Å². The highest BCUT2D eigenvalue weighted by Gasteiger charge is 2.21. The van der Waals surface area contributed by atoms with Crippen LogP contribution in [-0.4, -0.2) is 42.6 Å². The van der Waals surface area contributed by atoms with Crippen LogP contribution in [0.25, 0.3) is 0 Å². The van der Waals surface area contributed by atoms with Gasteiger partial charge in [-0.2, -0.15) is 0 Å². The molecule has 0 radical (unpaired) electrons. The zero-order valence-corrected chi connectivity index (χ0v) is 22.2. The van der Waals surface area contributed by atoms with E-state index in [1.54, 1.807) is 13.0 Å². The monoisotopic (exact) mass is 507 g/mol. The molecule has 0 aliphatic heterocycles. The standard InChI is InChI=1S/C27H41NO8/c1-6-8-10-24(29)35-22-13-12-20(16-23(22)36-25(30)11-9-7-2)15-21(28)27(32)34-19(5)17-33-26(31)14-18(3)4/h12-13,16,18-19,21H,6-11,14-15,17,28H2,1-5H3/t19-,21-/m0/s1. The second-order valence-electron chi connectivity index (χ2n) is 9.28. The molecule has 0 unspecified atom stereocenters. The zero-order chi connectivity index (χ0) is 27.1. The van der Waals surface area contributed by atoms with Gasteiger partial charge in [0, 0.05) is 19.3 Å². The Morgan fingerprint density at radius 3 is 2.00 bits per heavy atom. The third-order valence-corrected chi connectivity index (χ3v) is 5.05. The summed E-state index contributed by atoms with van der Waals surface area (Å²) in [6.07, 6.45) is 3.26. The molecule has 9 nitrogen and oxygen atoms in total. The lowest BCUT2D eigenvalue weighted by Crippen LogP contribution is -2.37. The summed E-state index contributed by atoms with van der Waals surface area (Å²) in [7, 11) is 0. The molecule has 202 valence electrons. The molecule has 0 amide bonds. The predicted octanol–water partition coefficient (Wildman–Crippen LogP) is 4.27. The molecule has 0 aliphatic carbocycles. The van der Waals surface area contributed by atoms with E-state index in [4.69, 9.17) is 24.7 Å². The van der Waals surface area contributed by atoms with Gasteiger partial charge in [0.05, 0.1) is 0 Å². The Morgan fingerprint density at radius 2 is 1.44 bits per heavy atom. The van der Waals surface area contributed by atoms with Crippen molar-refractivity contribution in [2.45, 2.75) is 98.1 Å².